The molecule has 0 aliphatic heterocycles. The van der Waals surface area contributed by atoms with Gasteiger partial charge in [-0.3, -0.25) is 0 Å². The van der Waals surface area contributed by atoms with Crippen LogP contribution >= 0.6 is 11.8 Å². The van der Waals surface area contributed by atoms with Crippen LogP contribution in [0.15, 0.2) is 52.5 Å². The van der Waals surface area contributed by atoms with Crippen molar-refractivity contribution in [1.82, 2.24) is 9.55 Å². The van der Waals surface area contributed by atoms with Crippen LogP contribution < -0.4 is 9.88 Å². The predicted octanol–water partition coefficient (Wildman–Crippen LogP) is 2.50. The molecule has 0 bridgehead atoms. The van der Waals surface area contributed by atoms with E-state index in [2.05, 4.69) is 4.98 Å². The Bertz CT molecular complexity index is 1170. The Balaban J connectivity index is 1.69. The molecule has 2 aromatic carbocycles. The van der Waals surface area contributed by atoms with Gasteiger partial charge >= 0.3 is 0 Å². The minimum Gasteiger partial charge on any atom is -0.491 e. The van der Waals surface area contributed by atoms with E-state index in [4.69, 9.17) is 15.1 Å². The average molecular weight is 447 g/mol. The molecule has 0 amide bonds. The quantitative estimate of drug-likeness (QED) is 0.483. The lowest BCUT2D eigenvalue weighted by molar-refractivity contribution is 0.126. The molecular formula is C20H22N4O4S2. The summed E-state index contributed by atoms with van der Waals surface area (Å²) < 4.78 is 30.8. The van der Waals surface area contributed by atoms with Gasteiger partial charge in [-0.25, -0.2) is 18.5 Å². The second-order valence-electron chi connectivity index (χ2n) is 6.65. The highest BCUT2D eigenvalue weighted by Crippen LogP contribution is 2.27. The molecule has 0 saturated carbocycles. The fourth-order valence-corrected chi connectivity index (χ4v) is 4.33. The van der Waals surface area contributed by atoms with Crippen LogP contribution in [0, 0.1) is 11.3 Å². The summed E-state index contributed by atoms with van der Waals surface area (Å²) in [5.41, 5.74) is 1.90. The number of hydrogen-bond donors (Lipinski definition) is 2. The maximum absolute atomic E-state index is 11.6. The standard InChI is InChI=1S/C20H22N4O4S2/c1-2-9-24-19-8-7-17(30(22,26)27)10-18(19)23-20(24)29-13-15(25)12-28-16-5-3-14(11-21)4-6-16/h3-8,10,15,25H,2,9,12-13H2,1H3,(H2,22,26,27). The number of rotatable bonds is 9. The molecule has 1 heterocycles. The van der Waals surface area contributed by atoms with Gasteiger partial charge in [-0.05, 0) is 48.9 Å². The zero-order chi connectivity index (χ0) is 21.7. The van der Waals surface area contributed by atoms with Crippen LogP contribution in [0.2, 0.25) is 0 Å². The molecule has 1 aromatic heterocycles. The first-order valence-corrected chi connectivity index (χ1v) is 11.8. The van der Waals surface area contributed by atoms with Crippen molar-refractivity contribution < 1.29 is 18.3 Å². The number of sulfonamides is 1. The fraction of sp³-hybridized carbons (Fsp3) is 0.300. The highest BCUT2D eigenvalue weighted by Gasteiger charge is 2.16. The van der Waals surface area contributed by atoms with Crippen molar-refractivity contribution in [3.05, 3.63) is 48.0 Å². The lowest BCUT2D eigenvalue weighted by atomic mass is 10.2. The summed E-state index contributed by atoms with van der Waals surface area (Å²) in [5, 5.41) is 25.0. The highest BCUT2D eigenvalue weighted by atomic mass is 32.2. The summed E-state index contributed by atoms with van der Waals surface area (Å²) in [6.07, 6.45) is 0.140. The van der Waals surface area contributed by atoms with Crippen molar-refractivity contribution in [1.29, 1.82) is 5.26 Å². The van der Waals surface area contributed by atoms with Crippen LogP contribution in [0.25, 0.3) is 11.0 Å². The number of nitrogens with two attached hydrogens (primary N) is 1. The summed E-state index contributed by atoms with van der Waals surface area (Å²) >= 11 is 1.37. The van der Waals surface area contributed by atoms with Gasteiger partial charge in [-0.1, -0.05) is 18.7 Å². The van der Waals surface area contributed by atoms with Gasteiger partial charge in [0.2, 0.25) is 10.0 Å². The van der Waals surface area contributed by atoms with Gasteiger partial charge in [0.1, 0.15) is 12.4 Å². The third-order valence-electron chi connectivity index (χ3n) is 4.29. The van der Waals surface area contributed by atoms with Gasteiger partial charge in [0.15, 0.2) is 5.16 Å². The number of hydrogen-bond acceptors (Lipinski definition) is 7. The molecule has 3 N–H and O–H groups in total. The van der Waals surface area contributed by atoms with E-state index in [0.29, 0.717) is 34.3 Å². The molecule has 0 spiro atoms. The number of nitriles is 1. The third kappa shape index (κ3) is 5.31. The number of ether oxygens (including phenoxy) is 1. The van der Waals surface area contributed by atoms with E-state index in [0.717, 1.165) is 11.9 Å². The molecule has 3 rings (SSSR count). The molecule has 1 unspecified atom stereocenters. The lowest BCUT2D eigenvalue weighted by Crippen LogP contribution is -2.20. The van der Waals surface area contributed by atoms with Gasteiger partial charge in [-0.15, -0.1) is 0 Å². The molecule has 1 atom stereocenters. The largest absolute Gasteiger partial charge is 0.491 e. The molecule has 10 heteroatoms. The number of imidazole rings is 1. The molecule has 158 valence electrons. The van der Waals surface area contributed by atoms with E-state index in [-0.39, 0.29) is 11.5 Å². The first-order chi connectivity index (χ1) is 14.3. The monoisotopic (exact) mass is 446 g/mol. The Labute approximate surface area is 179 Å². The van der Waals surface area contributed by atoms with Crippen LogP contribution in [-0.4, -0.2) is 41.5 Å². The van der Waals surface area contributed by atoms with Crippen LogP contribution in [0.3, 0.4) is 0 Å². The lowest BCUT2D eigenvalue weighted by Gasteiger charge is -2.13. The number of benzene rings is 2. The number of aromatic nitrogens is 2. The van der Waals surface area contributed by atoms with Crippen molar-refractivity contribution >= 4 is 32.8 Å². The van der Waals surface area contributed by atoms with E-state index in [1.54, 1.807) is 30.3 Å². The molecule has 8 nitrogen and oxygen atoms in total. The Morgan fingerprint density at radius 2 is 2.03 bits per heavy atom. The molecule has 3 aromatic rings. The zero-order valence-electron chi connectivity index (χ0n) is 16.4. The van der Waals surface area contributed by atoms with Crippen molar-refractivity contribution in [2.24, 2.45) is 5.14 Å². The Morgan fingerprint density at radius 3 is 2.67 bits per heavy atom. The number of aliphatic hydroxyl groups excluding tert-OH is 1. The number of aryl methyl sites for hydroxylation is 1. The normalized spacial score (nSPS) is 12.6. The number of primary sulfonamides is 1. The number of thioether (sulfide) groups is 1. The first kappa shape index (κ1) is 22.1. The van der Waals surface area contributed by atoms with Crippen LogP contribution in [0.4, 0.5) is 0 Å². The van der Waals surface area contributed by atoms with E-state index in [9.17, 15) is 13.5 Å². The van der Waals surface area contributed by atoms with E-state index in [1.807, 2.05) is 17.6 Å². The van der Waals surface area contributed by atoms with E-state index in [1.165, 1.54) is 23.9 Å². The van der Waals surface area contributed by atoms with Crippen LogP contribution in [0.1, 0.15) is 18.9 Å². The van der Waals surface area contributed by atoms with Gasteiger partial charge in [0.05, 0.1) is 33.7 Å². The molecule has 0 saturated heterocycles. The second kappa shape index (κ2) is 9.49. The first-order valence-electron chi connectivity index (χ1n) is 9.28. The SMILES string of the molecule is CCCn1c(SCC(O)COc2ccc(C#N)cc2)nc2cc(S(N)(=O)=O)ccc21. The Hall–Kier alpha value is -2.58. The topological polar surface area (TPSA) is 131 Å². The molecule has 30 heavy (non-hydrogen) atoms. The van der Waals surface area contributed by atoms with Crippen LogP contribution in [-0.2, 0) is 16.6 Å². The van der Waals surface area contributed by atoms with Crippen molar-refractivity contribution in [3.63, 3.8) is 0 Å². The third-order valence-corrected chi connectivity index (χ3v) is 6.32. The number of nitrogens with zero attached hydrogens (tertiary/aromatic N) is 3. The summed E-state index contributed by atoms with van der Waals surface area (Å²) in [7, 11) is -3.80. The minimum absolute atomic E-state index is 0.0172. The maximum Gasteiger partial charge on any atom is 0.238 e. The Morgan fingerprint density at radius 1 is 1.30 bits per heavy atom. The minimum atomic E-state index is -3.80. The van der Waals surface area contributed by atoms with Crippen molar-refractivity contribution in [2.45, 2.75) is 36.0 Å². The fourth-order valence-electron chi connectivity index (χ4n) is 2.85. The maximum atomic E-state index is 11.6. The summed E-state index contributed by atoms with van der Waals surface area (Å²) in [5.74, 6) is 0.928. The van der Waals surface area contributed by atoms with E-state index < -0.39 is 16.1 Å². The zero-order valence-corrected chi connectivity index (χ0v) is 18.0. The van der Waals surface area contributed by atoms with Gasteiger partial charge in [0, 0.05) is 12.3 Å². The van der Waals surface area contributed by atoms with Crippen molar-refractivity contribution in [2.75, 3.05) is 12.4 Å². The highest BCUT2D eigenvalue weighted by molar-refractivity contribution is 7.99. The molecule has 0 aliphatic carbocycles. The van der Waals surface area contributed by atoms with Gasteiger partial charge < -0.3 is 14.4 Å². The number of aliphatic hydroxyl groups is 1. The molecule has 0 aliphatic rings. The summed E-state index contributed by atoms with van der Waals surface area (Å²) in [4.78, 5) is 4.56. The predicted molar refractivity (Wildman–Crippen MR) is 115 cm³/mol. The van der Waals surface area contributed by atoms with Gasteiger partial charge in [-0.2, -0.15) is 5.26 Å². The van der Waals surface area contributed by atoms with Gasteiger partial charge in [0.25, 0.3) is 0 Å². The summed E-state index contributed by atoms with van der Waals surface area (Å²) in [6.45, 7) is 2.85. The summed E-state index contributed by atoms with van der Waals surface area (Å²) in [6, 6.07) is 13.3. The molecule has 0 fully saturated rings. The average Bonchev–Trinajstić information content (AvgIpc) is 3.07. The van der Waals surface area contributed by atoms with E-state index >= 15 is 0 Å². The van der Waals surface area contributed by atoms with Crippen LogP contribution in [0.5, 0.6) is 5.75 Å². The molecular weight excluding hydrogens is 424 g/mol. The number of fused-ring (bicyclic) bond motifs is 1. The smallest absolute Gasteiger partial charge is 0.238 e. The molecule has 0 radical (unpaired) electrons. The Kier molecular flexibility index (Phi) is 6.99. The van der Waals surface area contributed by atoms with Crippen molar-refractivity contribution in [3.8, 4) is 11.8 Å². The second-order valence-corrected chi connectivity index (χ2v) is 9.20.